The quantitative estimate of drug-likeness (QED) is 0.804. The van der Waals surface area contributed by atoms with Crippen molar-refractivity contribution < 1.29 is 22.7 Å². The van der Waals surface area contributed by atoms with Gasteiger partial charge >= 0.3 is 0 Å². The van der Waals surface area contributed by atoms with Gasteiger partial charge in [-0.1, -0.05) is 30.3 Å². The first-order valence-electron chi connectivity index (χ1n) is 9.42. The molecular weight excluding hydrogens is 392 g/mol. The standard InChI is InChI=1S/C21H24N2O5S/c1-27-16-7-5-6-15(10-16)12-22-20(24)19-11-21(14-28-19)13-23(29(2,25)26)18-9-4-3-8-17(18)21/h3-10,19H,11-14H2,1-2H3,(H,22,24). The predicted octanol–water partition coefficient (Wildman–Crippen LogP) is 1.82. The summed E-state index contributed by atoms with van der Waals surface area (Å²) in [6, 6.07) is 15.0. The van der Waals surface area contributed by atoms with Gasteiger partial charge in [-0.05, 0) is 35.7 Å². The molecule has 0 aliphatic carbocycles. The fourth-order valence-corrected chi connectivity index (χ4v) is 5.16. The minimum Gasteiger partial charge on any atom is -0.497 e. The van der Waals surface area contributed by atoms with Crippen molar-refractivity contribution in [1.29, 1.82) is 0 Å². The molecule has 0 bridgehead atoms. The molecule has 8 heteroatoms. The largest absolute Gasteiger partial charge is 0.497 e. The van der Waals surface area contributed by atoms with Crippen LogP contribution in [0.2, 0.25) is 0 Å². The van der Waals surface area contributed by atoms with E-state index in [-0.39, 0.29) is 5.91 Å². The Hall–Kier alpha value is -2.58. The van der Waals surface area contributed by atoms with Crippen LogP contribution in [0.4, 0.5) is 5.69 Å². The zero-order chi connectivity index (χ0) is 20.6. The Morgan fingerprint density at radius 3 is 2.83 bits per heavy atom. The summed E-state index contributed by atoms with van der Waals surface area (Å²) in [5.41, 5.74) is 2.03. The molecule has 1 spiro atoms. The van der Waals surface area contributed by atoms with Crippen LogP contribution in [0.15, 0.2) is 48.5 Å². The first-order valence-corrected chi connectivity index (χ1v) is 11.3. The molecule has 2 aromatic rings. The molecule has 1 fully saturated rings. The molecule has 0 saturated carbocycles. The molecule has 4 rings (SSSR count). The smallest absolute Gasteiger partial charge is 0.249 e. The molecule has 2 aliphatic rings. The van der Waals surface area contributed by atoms with Crippen LogP contribution in [0.1, 0.15) is 17.5 Å². The molecule has 1 amide bonds. The maximum absolute atomic E-state index is 12.7. The maximum Gasteiger partial charge on any atom is 0.249 e. The molecule has 154 valence electrons. The summed E-state index contributed by atoms with van der Waals surface area (Å²) in [4.78, 5) is 12.7. The molecule has 1 N–H and O–H groups in total. The second kappa shape index (κ2) is 7.35. The van der Waals surface area contributed by atoms with Gasteiger partial charge in [0.25, 0.3) is 0 Å². The first kappa shape index (κ1) is 19.7. The van der Waals surface area contributed by atoms with Gasteiger partial charge in [-0.15, -0.1) is 0 Å². The van der Waals surface area contributed by atoms with Crippen molar-refractivity contribution in [2.75, 3.05) is 30.8 Å². The highest BCUT2D eigenvalue weighted by molar-refractivity contribution is 7.92. The van der Waals surface area contributed by atoms with Gasteiger partial charge in [0.1, 0.15) is 11.9 Å². The van der Waals surface area contributed by atoms with Gasteiger partial charge in [0, 0.05) is 18.5 Å². The summed E-state index contributed by atoms with van der Waals surface area (Å²) < 4.78 is 37.0. The normalized spacial score (nSPS) is 23.2. The number of amides is 1. The topological polar surface area (TPSA) is 84.9 Å². The van der Waals surface area contributed by atoms with E-state index in [1.54, 1.807) is 13.2 Å². The Labute approximate surface area is 170 Å². The zero-order valence-electron chi connectivity index (χ0n) is 16.4. The highest BCUT2D eigenvalue weighted by Gasteiger charge is 2.52. The van der Waals surface area contributed by atoms with Gasteiger partial charge in [0.15, 0.2) is 0 Å². The first-order chi connectivity index (χ1) is 13.8. The highest BCUT2D eigenvalue weighted by atomic mass is 32.2. The van der Waals surface area contributed by atoms with Crippen molar-refractivity contribution in [3.63, 3.8) is 0 Å². The van der Waals surface area contributed by atoms with Crippen molar-refractivity contribution >= 4 is 21.6 Å². The number of carbonyl (C=O) groups excluding carboxylic acids is 1. The molecule has 2 heterocycles. The highest BCUT2D eigenvalue weighted by Crippen LogP contribution is 2.48. The van der Waals surface area contributed by atoms with Crippen LogP contribution in [0.5, 0.6) is 5.75 Å². The van der Waals surface area contributed by atoms with E-state index >= 15 is 0 Å². The lowest BCUT2D eigenvalue weighted by atomic mass is 9.80. The molecule has 2 aliphatic heterocycles. The van der Waals surface area contributed by atoms with E-state index in [1.807, 2.05) is 42.5 Å². The average molecular weight is 416 g/mol. The van der Waals surface area contributed by atoms with E-state index in [1.165, 1.54) is 10.6 Å². The second-order valence-electron chi connectivity index (χ2n) is 7.64. The number of fused-ring (bicyclic) bond motifs is 2. The van der Waals surface area contributed by atoms with Gasteiger partial charge in [-0.2, -0.15) is 0 Å². The Balaban J connectivity index is 1.48. The Morgan fingerprint density at radius 2 is 2.07 bits per heavy atom. The number of methoxy groups -OCH3 is 1. The third kappa shape index (κ3) is 3.70. The van der Waals surface area contributed by atoms with Gasteiger partial charge in [-0.3, -0.25) is 9.10 Å². The summed E-state index contributed by atoms with van der Waals surface area (Å²) in [5.74, 6) is 0.538. The number of hydrogen-bond donors (Lipinski definition) is 1. The number of para-hydroxylation sites is 1. The minimum absolute atomic E-state index is 0.194. The lowest BCUT2D eigenvalue weighted by molar-refractivity contribution is -0.130. The lowest BCUT2D eigenvalue weighted by Crippen LogP contribution is -2.38. The van der Waals surface area contributed by atoms with E-state index in [0.717, 1.165) is 16.9 Å². The summed E-state index contributed by atoms with van der Waals surface area (Å²) in [6.07, 6.45) is 1.03. The summed E-state index contributed by atoms with van der Waals surface area (Å²) in [6.45, 7) is 0.979. The number of rotatable bonds is 5. The molecule has 1 saturated heterocycles. The fraction of sp³-hybridized carbons (Fsp3) is 0.381. The molecule has 29 heavy (non-hydrogen) atoms. The number of anilines is 1. The van der Waals surface area contributed by atoms with Gasteiger partial charge in [0.05, 0.1) is 25.7 Å². The van der Waals surface area contributed by atoms with Crippen molar-refractivity contribution in [3.05, 3.63) is 59.7 Å². The van der Waals surface area contributed by atoms with Crippen molar-refractivity contribution in [2.24, 2.45) is 0 Å². The van der Waals surface area contributed by atoms with Crippen LogP contribution in [0.3, 0.4) is 0 Å². The Kier molecular flexibility index (Phi) is 5.00. The third-order valence-corrected chi connectivity index (χ3v) is 6.75. The molecule has 2 atom stereocenters. The van der Waals surface area contributed by atoms with Crippen LogP contribution >= 0.6 is 0 Å². The number of carbonyl (C=O) groups is 1. The maximum atomic E-state index is 12.7. The van der Waals surface area contributed by atoms with Gasteiger partial charge in [0.2, 0.25) is 15.9 Å². The second-order valence-corrected chi connectivity index (χ2v) is 9.55. The van der Waals surface area contributed by atoms with Crippen molar-refractivity contribution in [2.45, 2.75) is 24.5 Å². The number of hydrogen-bond acceptors (Lipinski definition) is 5. The van der Waals surface area contributed by atoms with E-state index in [0.29, 0.717) is 31.8 Å². The van der Waals surface area contributed by atoms with Crippen LogP contribution in [0.25, 0.3) is 0 Å². The number of nitrogens with zero attached hydrogens (tertiary/aromatic N) is 1. The molecule has 0 aromatic heterocycles. The molecule has 2 aromatic carbocycles. The van der Waals surface area contributed by atoms with Crippen LogP contribution in [-0.4, -0.2) is 46.9 Å². The average Bonchev–Trinajstić information content (AvgIpc) is 3.29. The molecule has 2 unspecified atom stereocenters. The summed E-state index contributed by atoms with van der Waals surface area (Å²) in [7, 11) is -1.80. The summed E-state index contributed by atoms with van der Waals surface area (Å²) >= 11 is 0. The zero-order valence-corrected chi connectivity index (χ0v) is 17.2. The fourth-order valence-electron chi connectivity index (χ4n) is 4.17. The number of ether oxygens (including phenoxy) is 2. The monoisotopic (exact) mass is 416 g/mol. The molecule has 0 radical (unpaired) electrons. The van der Waals surface area contributed by atoms with Crippen molar-refractivity contribution in [1.82, 2.24) is 5.32 Å². The van der Waals surface area contributed by atoms with E-state index < -0.39 is 21.5 Å². The van der Waals surface area contributed by atoms with Crippen LogP contribution < -0.4 is 14.4 Å². The van der Waals surface area contributed by atoms with Gasteiger partial charge < -0.3 is 14.8 Å². The predicted molar refractivity (Wildman–Crippen MR) is 110 cm³/mol. The van der Waals surface area contributed by atoms with E-state index in [2.05, 4.69) is 5.32 Å². The SMILES string of the molecule is COc1cccc(CNC(=O)C2CC3(CO2)CN(S(C)(=O)=O)c2ccccc23)c1. The van der Waals surface area contributed by atoms with Crippen molar-refractivity contribution in [3.8, 4) is 5.75 Å². The Morgan fingerprint density at radius 1 is 1.28 bits per heavy atom. The minimum atomic E-state index is -3.40. The number of nitrogens with one attached hydrogen (secondary N) is 1. The molecule has 7 nitrogen and oxygen atoms in total. The van der Waals surface area contributed by atoms with Crippen LogP contribution in [-0.2, 0) is 31.5 Å². The summed E-state index contributed by atoms with van der Waals surface area (Å²) in [5, 5.41) is 2.91. The van der Waals surface area contributed by atoms with E-state index in [9.17, 15) is 13.2 Å². The Bertz CT molecular complexity index is 1040. The van der Waals surface area contributed by atoms with Crippen LogP contribution in [0, 0.1) is 0 Å². The third-order valence-electron chi connectivity index (χ3n) is 5.62. The molecular formula is C21H24N2O5S. The van der Waals surface area contributed by atoms with E-state index in [4.69, 9.17) is 9.47 Å². The number of sulfonamides is 1. The number of benzene rings is 2. The lowest BCUT2D eigenvalue weighted by Gasteiger charge is -2.23. The van der Waals surface area contributed by atoms with Gasteiger partial charge in [-0.25, -0.2) is 8.42 Å².